The predicted molar refractivity (Wildman–Crippen MR) is 102 cm³/mol. The Bertz CT molecular complexity index is 1090. The maximum absolute atomic E-state index is 12.7. The van der Waals surface area contributed by atoms with Gasteiger partial charge in [0.2, 0.25) is 0 Å². The van der Waals surface area contributed by atoms with Crippen LogP contribution in [-0.2, 0) is 17.4 Å². The Balaban J connectivity index is 1.80. The summed E-state index contributed by atoms with van der Waals surface area (Å²) in [6.07, 6.45) is 5.16. The molecule has 4 rings (SSSR count). The minimum Gasteiger partial charge on any atom is -0.435 e. The van der Waals surface area contributed by atoms with E-state index in [1.807, 2.05) is 25.1 Å². The number of hydrogen-bond acceptors (Lipinski definition) is 6. The highest BCUT2D eigenvalue weighted by Crippen LogP contribution is 2.37. The summed E-state index contributed by atoms with van der Waals surface area (Å²) in [5.74, 6) is 0.0221. The summed E-state index contributed by atoms with van der Waals surface area (Å²) >= 11 is 0. The molecule has 1 unspecified atom stereocenters. The van der Waals surface area contributed by atoms with E-state index in [1.54, 1.807) is 16.9 Å². The molecule has 150 valence electrons. The number of fused-ring (bicyclic) bond motifs is 1. The van der Waals surface area contributed by atoms with Crippen LogP contribution in [0.4, 0.5) is 14.5 Å². The van der Waals surface area contributed by atoms with Gasteiger partial charge in [-0.25, -0.2) is 0 Å². The molecule has 3 aromatic rings. The third kappa shape index (κ3) is 3.59. The third-order valence-electron chi connectivity index (χ3n) is 5.06. The van der Waals surface area contributed by atoms with Crippen molar-refractivity contribution in [2.45, 2.75) is 19.1 Å². The second-order valence-corrected chi connectivity index (χ2v) is 7.09. The molecule has 9 heteroatoms. The van der Waals surface area contributed by atoms with Crippen LogP contribution in [0.25, 0.3) is 10.9 Å². The van der Waals surface area contributed by atoms with Crippen molar-refractivity contribution in [3.05, 3.63) is 47.9 Å². The van der Waals surface area contributed by atoms with Crippen LogP contribution in [0.5, 0.6) is 5.75 Å². The molecule has 1 atom stereocenters. The topological polar surface area (TPSA) is 76.2 Å². The highest BCUT2D eigenvalue weighted by molar-refractivity contribution is 5.95. The fourth-order valence-corrected chi connectivity index (χ4v) is 3.69. The standard InChI is InChI=1S/C20H19F2N5O2/c1-20(14-10-25-26(2)11-14)12-27(5-6-28-20)18-13(8-23)9-24-17-4-3-15(7-16(17)18)29-19(21)22/h3-4,7,9-11,19H,5-6,12H2,1-2H3. The average molecular weight is 399 g/mol. The molecule has 0 aliphatic carbocycles. The van der Waals surface area contributed by atoms with Gasteiger partial charge < -0.3 is 14.4 Å². The summed E-state index contributed by atoms with van der Waals surface area (Å²) in [6.45, 7) is 0.487. The number of aryl methyl sites for hydroxylation is 1. The molecule has 0 radical (unpaired) electrons. The lowest BCUT2D eigenvalue weighted by Gasteiger charge is -2.41. The lowest BCUT2D eigenvalue weighted by atomic mass is 9.95. The van der Waals surface area contributed by atoms with Crippen LogP contribution in [-0.4, -0.2) is 41.1 Å². The van der Waals surface area contributed by atoms with E-state index in [4.69, 9.17) is 4.74 Å². The van der Waals surface area contributed by atoms with Gasteiger partial charge in [0.15, 0.2) is 0 Å². The molecule has 1 saturated heterocycles. The fourth-order valence-electron chi connectivity index (χ4n) is 3.69. The average Bonchev–Trinajstić information content (AvgIpc) is 3.14. The van der Waals surface area contributed by atoms with E-state index in [0.29, 0.717) is 41.9 Å². The summed E-state index contributed by atoms with van der Waals surface area (Å²) in [4.78, 5) is 6.32. The Morgan fingerprint density at radius 2 is 2.17 bits per heavy atom. The van der Waals surface area contributed by atoms with Crippen LogP contribution in [0.2, 0.25) is 0 Å². The van der Waals surface area contributed by atoms with Crippen molar-refractivity contribution in [1.29, 1.82) is 5.26 Å². The maximum Gasteiger partial charge on any atom is 0.387 e. The van der Waals surface area contributed by atoms with E-state index in [-0.39, 0.29) is 5.75 Å². The molecule has 1 aliphatic rings. The van der Waals surface area contributed by atoms with Gasteiger partial charge in [-0.2, -0.15) is 19.1 Å². The number of nitrogens with zero attached hydrogens (tertiary/aromatic N) is 5. The number of aromatic nitrogens is 3. The maximum atomic E-state index is 12.7. The first-order valence-corrected chi connectivity index (χ1v) is 9.05. The highest BCUT2D eigenvalue weighted by Gasteiger charge is 2.36. The molecule has 29 heavy (non-hydrogen) atoms. The first-order valence-electron chi connectivity index (χ1n) is 9.05. The van der Waals surface area contributed by atoms with Crippen LogP contribution < -0.4 is 9.64 Å². The molecule has 1 aliphatic heterocycles. The molecule has 0 N–H and O–H groups in total. The summed E-state index contributed by atoms with van der Waals surface area (Å²) in [6, 6.07) is 6.72. The molecule has 1 aromatic carbocycles. The van der Waals surface area contributed by atoms with Gasteiger partial charge in [0.25, 0.3) is 0 Å². The molecule has 0 amide bonds. The molecule has 2 aromatic heterocycles. The predicted octanol–water partition coefficient (Wildman–Crippen LogP) is 3.19. The van der Waals surface area contributed by atoms with Crippen molar-refractivity contribution in [1.82, 2.24) is 14.8 Å². The van der Waals surface area contributed by atoms with Crippen molar-refractivity contribution in [2.24, 2.45) is 7.05 Å². The van der Waals surface area contributed by atoms with Crippen molar-refractivity contribution in [2.75, 3.05) is 24.6 Å². The Morgan fingerprint density at radius 1 is 1.34 bits per heavy atom. The quantitative estimate of drug-likeness (QED) is 0.671. The lowest BCUT2D eigenvalue weighted by molar-refractivity contribution is -0.0497. The van der Waals surface area contributed by atoms with Crippen molar-refractivity contribution in [3.8, 4) is 11.8 Å². The highest BCUT2D eigenvalue weighted by atomic mass is 19.3. The first kappa shape index (κ1) is 19.1. The van der Waals surface area contributed by atoms with Crippen molar-refractivity contribution >= 4 is 16.6 Å². The van der Waals surface area contributed by atoms with E-state index < -0.39 is 12.2 Å². The number of nitriles is 1. The lowest BCUT2D eigenvalue weighted by Crippen LogP contribution is -2.48. The van der Waals surface area contributed by atoms with Gasteiger partial charge in [-0.05, 0) is 25.1 Å². The SMILES string of the molecule is Cn1cc(C2(C)CN(c3c(C#N)cnc4ccc(OC(F)F)cc34)CCO2)cn1. The number of pyridine rings is 1. The van der Waals surface area contributed by atoms with Gasteiger partial charge >= 0.3 is 6.61 Å². The molecular weight excluding hydrogens is 380 g/mol. The summed E-state index contributed by atoms with van der Waals surface area (Å²) in [7, 11) is 1.84. The van der Waals surface area contributed by atoms with E-state index in [0.717, 1.165) is 5.56 Å². The number of morpholine rings is 1. The summed E-state index contributed by atoms with van der Waals surface area (Å²) < 4.78 is 37.7. The van der Waals surface area contributed by atoms with Gasteiger partial charge in [-0.1, -0.05) is 0 Å². The summed E-state index contributed by atoms with van der Waals surface area (Å²) in [5, 5.41) is 14.5. The smallest absolute Gasteiger partial charge is 0.387 e. The van der Waals surface area contributed by atoms with Gasteiger partial charge in [-0.15, -0.1) is 0 Å². The third-order valence-corrected chi connectivity index (χ3v) is 5.06. The monoisotopic (exact) mass is 399 g/mol. The molecule has 7 nitrogen and oxygen atoms in total. The normalized spacial score (nSPS) is 19.5. The fraction of sp³-hybridized carbons (Fsp3) is 0.350. The number of anilines is 1. The number of halogens is 2. The van der Waals surface area contributed by atoms with E-state index in [1.165, 1.54) is 18.3 Å². The number of rotatable bonds is 4. The molecule has 1 fully saturated rings. The molecule has 0 spiro atoms. The van der Waals surface area contributed by atoms with E-state index in [9.17, 15) is 14.0 Å². The molecule has 0 saturated carbocycles. The van der Waals surface area contributed by atoms with Crippen LogP contribution in [0.3, 0.4) is 0 Å². The molecule has 0 bridgehead atoms. The van der Waals surface area contributed by atoms with Gasteiger partial charge in [-0.3, -0.25) is 9.67 Å². The van der Waals surface area contributed by atoms with Crippen molar-refractivity contribution < 1.29 is 18.3 Å². The van der Waals surface area contributed by atoms with E-state index in [2.05, 4.69) is 20.9 Å². The zero-order valence-corrected chi connectivity index (χ0v) is 16.0. The zero-order valence-electron chi connectivity index (χ0n) is 16.0. The number of benzene rings is 1. The minimum absolute atomic E-state index is 0.0221. The van der Waals surface area contributed by atoms with Gasteiger partial charge in [0.1, 0.15) is 17.4 Å². The zero-order chi connectivity index (χ0) is 20.6. The van der Waals surface area contributed by atoms with E-state index >= 15 is 0 Å². The van der Waals surface area contributed by atoms with Gasteiger partial charge in [0.05, 0.1) is 36.1 Å². The number of hydrogen-bond donors (Lipinski definition) is 0. The Kier molecular flexibility index (Phi) is 4.80. The van der Waals surface area contributed by atoms with Crippen LogP contribution in [0, 0.1) is 11.3 Å². The second kappa shape index (κ2) is 7.29. The number of alkyl halides is 2. The largest absolute Gasteiger partial charge is 0.435 e. The Labute approximate surface area is 166 Å². The van der Waals surface area contributed by atoms with Crippen molar-refractivity contribution in [3.63, 3.8) is 0 Å². The Morgan fingerprint density at radius 3 is 2.86 bits per heavy atom. The van der Waals surface area contributed by atoms with Crippen LogP contribution in [0.1, 0.15) is 18.1 Å². The molecule has 3 heterocycles. The second-order valence-electron chi connectivity index (χ2n) is 7.09. The Hall–Kier alpha value is -3.25. The van der Waals surface area contributed by atoms with Crippen LogP contribution >= 0.6 is 0 Å². The minimum atomic E-state index is -2.93. The summed E-state index contributed by atoms with van der Waals surface area (Å²) in [5.41, 5.74) is 1.88. The van der Waals surface area contributed by atoms with Crippen LogP contribution in [0.15, 0.2) is 36.8 Å². The molecular formula is C20H19F2N5O2. The number of ether oxygens (including phenoxy) is 2. The van der Waals surface area contributed by atoms with Gasteiger partial charge in [0, 0.05) is 36.9 Å². The first-order chi connectivity index (χ1) is 13.9.